The molecule has 0 unspecified atom stereocenters. The molecule has 0 aliphatic heterocycles. The third kappa shape index (κ3) is 4.38. The molecule has 5 rings (SSSR count). The van der Waals surface area contributed by atoms with E-state index in [1.807, 2.05) is 54.6 Å². The van der Waals surface area contributed by atoms with Crippen LogP contribution in [0.15, 0.2) is 103 Å². The van der Waals surface area contributed by atoms with Gasteiger partial charge >= 0.3 is 5.97 Å². The van der Waals surface area contributed by atoms with Crippen molar-refractivity contribution in [1.29, 1.82) is 5.26 Å². The molecule has 6 nitrogen and oxygen atoms in total. The summed E-state index contributed by atoms with van der Waals surface area (Å²) >= 11 is 1.05. The fraction of sp³-hybridized carbons (Fsp3) is 0. The smallest absolute Gasteiger partial charge is 0.346 e. The van der Waals surface area contributed by atoms with Crippen molar-refractivity contribution in [3.05, 3.63) is 108 Å². The van der Waals surface area contributed by atoms with Gasteiger partial charge in [0.15, 0.2) is 0 Å². The van der Waals surface area contributed by atoms with Crippen LogP contribution in [0.1, 0.15) is 5.56 Å². The third-order valence-electron chi connectivity index (χ3n) is 5.56. The lowest BCUT2D eigenvalue weighted by molar-refractivity contribution is -0.132. The molecular weight excluding hydrogens is 456 g/mol. The zero-order valence-corrected chi connectivity index (χ0v) is 19.2. The first-order chi connectivity index (χ1) is 17.2. The maximum absolute atomic E-state index is 11.3. The van der Waals surface area contributed by atoms with Gasteiger partial charge in [0.2, 0.25) is 0 Å². The summed E-state index contributed by atoms with van der Waals surface area (Å²) in [6.07, 6.45) is 1.33. The van der Waals surface area contributed by atoms with Gasteiger partial charge < -0.3 is 10.0 Å². The molecule has 1 heterocycles. The highest BCUT2D eigenvalue weighted by atomic mass is 32.1. The van der Waals surface area contributed by atoms with Gasteiger partial charge in [-0.05, 0) is 48.0 Å². The molecule has 7 heteroatoms. The summed E-state index contributed by atoms with van der Waals surface area (Å²) in [6.45, 7) is 0. The largest absolute Gasteiger partial charge is 0.477 e. The van der Waals surface area contributed by atoms with E-state index < -0.39 is 5.97 Å². The Hall–Kier alpha value is -4.80. The van der Waals surface area contributed by atoms with Gasteiger partial charge in [0.25, 0.3) is 0 Å². The molecular formula is C28H18N4O2S. The molecule has 1 aromatic heterocycles. The first-order valence-corrected chi connectivity index (χ1v) is 11.5. The van der Waals surface area contributed by atoms with E-state index in [0.29, 0.717) is 16.6 Å². The molecule has 0 spiro atoms. The molecule has 168 valence electrons. The fourth-order valence-corrected chi connectivity index (χ4v) is 4.50. The molecule has 0 aliphatic carbocycles. The summed E-state index contributed by atoms with van der Waals surface area (Å²) in [5.41, 5.74) is 6.41. The second kappa shape index (κ2) is 9.59. The van der Waals surface area contributed by atoms with Crippen LogP contribution in [0, 0.1) is 11.3 Å². The Bertz CT molecular complexity index is 1530. The highest BCUT2D eigenvalue weighted by molar-refractivity contribution is 7.00. The monoisotopic (exact) mass is 474 g/mol. The van der Waals surface area contributed by atoms with E-state index in [-0.39, 0.29) is 5.57 Å². The van der Waals surface area contributed by atoms with Gasteiger partial charge in [-0.15, -0.1) is 0 Å². The Balaban J connectivity index is 1.55. The maximum atomic E-state index is 11.3. The number of hydrogen-bond acceptors (Lipinski definition) is 6. The molecule has 0 atom stereocenters. The number of aliphatic carboxylic acids is 1. The molecule has 4 aromatic carbocycles. The molecule has 0 fully saturated rings. The van der Waals surface area contributed by atoms with E-state index in [9.17, 15) is 9.90 Å². The minimum absolute atomic E-state index is 0.349. The highest BCUT2D eigenvalue weighted by Gasteiger charge is 2.15. The van der Waals surface area contributed by atoms with Crippen molar-refractivity contribution in [2.45, 2.75) is 0 Å². The summed E-state index contributed by atoms with van der Waals surface area (Å²) in [4.78, 5) is 13.4. The van der Waals surface area contributed by atoms with E-state index in [4.69, 9.17) is 5.26 Å². The summed E-state index contributed by atoms with van der Waals surface area (Å²) < 4.78 is 8.80. The fourth-order valence-electron chi connectivity index (χ4n) is 3.92. The van der Waals surface area contributed by atoms with Crippen molar-refractivity contribution in [3.63, 3.8) is 0 Å². The van der Waals surface area contributed by atoms with Gasteiger partial charge in [-0.2, -0.15) is 14.0 Å². The Morgan fingerprint density at radius 3 is 1.94 bits per heavy atom. The lowest BCUT2D eigenvalue weighted by atomic mass is 10.00. The standard InChI is InChI=1S/C28H18N4O2S/c29-18-21(28(33)34)17-20-13-16-25(27-26(20)30-35-31-27)19-11-14-24(15-12-19)32(22-7-3-1-4-8-22)23-9-5-2-6-10-23/h1-17H,(H,33,34). The van der Waals surface area contributed by atoms with Crippen molar-refractivity contribution in [2.24, 2.45) is 0 Å². The molecule has 0 bridgehead atoms. The first kappa shape index (κ1) is 22.0. The minimum atomic E-state index is -1.27. The SMILES string of the molecule is N#CC(=Cc1ccc(-c2ccc(N(c3ccccc3)c3ccccc3)cc2)c2nsnc12)C(=O)O. The molecule has 35 heavy (non-hydrogen) atoms. The third-order valence-corrected chi connectivity index (χ3v) is 6.09. The molecule has 1 N–H and O–H groups in total. The van der Waals surface area contributed by atoms with Crippen molar-refractivity contribution in [3.8, 4) is 17.2 Å². The average Bonchev–Trinajstić information content (AvgIpc) is 3.39. The number of benzene rings is 4. The number of aromatic nitrogens is 2. The first-order valence-electron chi connectivity index (χ1n) is 10.8. The minimum Gasteiger partial charge on any atom is -0.477 e. The molecule has 0 saturated heterocycles. The Morgan fingerprint density at radius 1 is 0.800 bits per heavy atom. The quantitative estimate of drug-likeness (QED) is 0.214. The number of hydrogen-bond donors (Lipinski definition) is 1. The zero-order valence-electron chi connectivity index (χ0n) is 18.4. The van der Waals surface area contributed by atoms with Crippen LogP contribution in [0.4, 0.5) is 17.1 Å². The second-order valence-corrected chi connectivity index (χ2v) is 8.22. The van der Waals surface area contributed by atoms with E-state index in [0.717, 1.165) is 39.9 Å². The van der Waals surface area contributed by atoms with Crippen LogP contribution in [-0.4, -0.2) is 19.8 Å². The molecule has 0 saturated carbocycles. The predicted octanol–water partition coefficient (Wildman–Crippen LogP) is 6.82. The van der Waals surface area contributed by atoms with Crippen LogP contribution in [0.3, 0.4) is 0 Å². The zero-order chi connectivity index (χ0) is 24.2. The van der Waals surface area contributed by atoms with Gasteiger partial charge in [-0.1, -0.05) is 60.7 Å². The lowest BCUT2D eigenvalue weighted by Crippen LogP contribution is -2.09. The van der Waals surface area contributed by atoms with Gasteiger partial charge in [0, 0.05) is 28.2 Å². The van der Waals surface area contributed by atoms with Crippen LogP contribution in [0.25, 0.3) is 28.2 Å². The van der Waals surface area contributed by atoms with Crippen molar-refractivity contribution < 1.29 is 9.90 Å². The van der Waals surface area contributed by atoms with Crippen molar-refractivity contribution in [1.82, 2.24) is 8.75 Å². The average molecular weight is 475 g/mol. The lowest BCUT2D eigenvalue weighted by Gasteiger charge is -2.25. The van der Waals surface area contributed by atoms with Crippen LogP contribution in [-0.2, 0) is 4.79 Å². The van der Waals surface area contributed by atoms with E-state index >= 15 is 0 Å². The van der Waals surface area contributed by atoms with E-state index in [1.54, 1.807) is 12.1 Å². The predicted molar refractivity (Wildman–Crippen MR) is 139 cm³/mol. The van der Waals surface area contributed by atoms with Crippen molar-refractivity contribution in [2.75, 3.05) is 4.90 Å². The summed E-state index contributed by atoms with van der Waals surface area (Å²) in [6, 6.07) is 33.9. The van der Waals surface area contributed by atoms with Gasteiger partial charge in [0.05, 0.1) is 11.7 Å². The number of rotatable bonds is 6. The molecule has 0 aliphatic rings. The number of carbonyl (C=O) groups is 1. The van der Waals surface area contributed by atoms with Gasteiger partial charge in [0.1, 0.15) is 22.7 Å². The number of anilines is 3. The number of para-hydroxylation sites is 2. The highest BCUT2D eigenvalue weighted by Crippen LogP contribution is 2.36. The molecule has 0 radical (unpaired) electrons. The maximum Gasteiger partial charge on any atom is 0.346 e. The van der Waals surface area contributed by atoms with Gasteiger partial charge in [-0.3, -0.25) is 0 Å². The van der Waals surface area contributed by atoms with Crippen LogP contribution in [0.5, 0.6) is 0 Å². The molecule has 5 aromatic rings. The van der Waals surface area contributed by atoms with Crippen LogP contribution >= 0.6 is 11.7 Å². The topological polar surface area (TPSA) is 90.1 Å². The summed E-state index contributed by atoms with van der Waals surface area (Å²) in [5, 5.41) is 18.3. The number of fused-ring (bicyclic) bond motifs is 1. The normalized spacial score (nSPS) is 11.2. The summed E-state index contributed by atoms with van der Waals surface area (Å²) in [7, 11) is 0. The van der Waals surface area contributed by atoms with E-state index in [1.165, 1.54) is 6.08 Å². The van der Waals surface area contributed by atoms with Crippen LogP contribution < -0.4 is 4.90 Å². The Morgan fingerprint density at radius 2 is 1.37 bits per heavy atom. The summed E-state index contributed by atoms with van der Waals surface area (Å²) in [5.74, 6) is -1.27. The number of carboxylic acid groups (broad SMARTS) is 1. The van der Waals surface area contributed by atoms with Gasteiger partial charge in [-0.25, -0.2) is 4.79 Å². The Labute approximate surface area is 206 Å². The molecule has 0 amide bonds. The van der Waals surface area contributed by atoms with E-state index in [2.05, 4.69) is 50.0 Å². The number of carboxylic acids is 1. The Kier molecular flexibility index (Phi) is 6.03. The number of nitriles is 1. The number of nitrogens with zero attached hydrogens (tertiary/aromatic N) is 4. The van der Waals surface area contributed by atoms with Crippen LogP contribution in [0.2, 0.25) is 0 Å². The second-order valence-electron chi connectivity index (χ2n) is 7.69. The van der Waals surface area contributed by atoms with Crippen molar-refractivity contribution >= 4 is 51.9 Å².